The zero-order valence-corrected chi connectivity index (χ0v) is 13.4. The molecule has 2 N–H and O–H groups in total. The predicted molar refractivity (Wildman–Crippen MR) is 85.2 cm³/mol. The van der Waals surface area contributed by atoms with E-state index in [2.05, 4.69) is 16.9 Å². The first-order valence-electron chi connectivity index (χ1n) is 8.33. The molecule has 21 heavy (non-hydrogen) atoms. The first-order chi connectivity index (χ1) is 10.2. The Morgan fingerprint density at radius 2 is 2.05 bits per heavy atom. The van der Waals surface area contributed by atoms with Crippen LogP contribution in [0.2, 0.25) is 0 Å². The Morgan fingerprint density at radius 1 is 1.29 bits per heavy atom. The van der Waals surface area contributed by atoms with Crippen LogP contribution in [0, 0.1) is 11.8 Å². The Bertz CT molecular complexity index is 416. The summed E-state index contributed by atoms with van der Waals surface area (Å²) in [6, 6.07) is 2.10. The van der Waals surface area contributed by atoms with Gasteiger partial charge in [0.25, 0.3) is 0 Å². The van der Waals surface area contributed by atoms with Gasteiger partial charge in [0.05, 0.1) is 7.11 Å². The van der Waals surface area contributed by atoms with Gasteiger partial charge in [-0.15, -0.1) is 0 Å². The van der Waals surface area contributed by atoms with Crippen LogP contribution in [0.1, 0.15) is 57.6 Å². The average molecular weight is 291 g/mol. The molecule has 1 heterocycles. The molecule has 0 aromatic carbocycles. The largest absolute Gasteiger partial charge is 0.481 e. The molecule has 0 radical (unpaired) electrons. The molecule has 0 bridgehead atoms. The first kappa shape index (κ1) is 16.2. The number of ether oxygens (including phenoxy) is 1. The Balaban J connectivity index is 1.80. The van der Waals surface area contributed by atoms with E-state index >= 15 is 0 Å². The van der Waals surface area contributed by atoms with Crippen molar-refractivity contribution in [2.75, 3.05) is 7.11 Å². The van der Waals surface area contributed by atoms with Gasteiger partial charge >= 0.3 is 0 Å². The minimum Gasteiger partial charge on any atom is -0.481 e. The van der Waals surface area contributed by atoms with Crippen molar-refractivity contribution in [1.29, 1.82) is 0 Å². The number of rotatable bonds is 7. The van der Waals surface area contributed by atoms with E-state index in [4.69, 9.17) is 10.5 Å². The Labute approximate surface area is 128 Å². The zero-order chi connectivity index (χ0) is 15.1. The average Bonchev–Trinajstić information content (AvgIpc) is 2.53. The summed E-state index contributed by atoms with van der Waals surface area (Å²) < 4.78 is 5.14. The van der Waals surface area contributed by atoms with Gasteiger partial charge in [-0.05, 0) is 24.7 Å². The minimum atomic E-state index is 0.205. The molecule has 1 saturated carbocycles. The maximum Gasteiger partial charge on any atom is 0.216 e. The first-order valence-corrected chi connectivity index (χ1v) is 8.33. The molecule has 2 rings (SSSR count). The van der Waals surface area contributed by atoms with Crippen LogP contribution in [0.4, 0.5) is 0 Å². The van der Waals surface area contributed by atoms with Gasteiger partial charge in [0, 0.05) is 24.2 Å². The number of nitrogens with zero attached hydrogens (tertiary/aromatic N) is 2. The number of hydrogen-bond donors (Lipinski definition) is 1. The molecule has 1 aromatic rings. The number of nitrogens with two attached hydrogens (primary N) is 1. The van der Waals surface area contributed by atoms with Crippen LogP contribution in [0.15, 0.2) is 12.4 Å². The normalized spacial score (nSPS) is 23.8. The lowest BCUT2D eigenvalue weighted by atomic mass is 9.76. The third kappa shape index (κ3) is 4.95. The number of methoxy groups -OCH3 is 1. The molecule has 1 fully saturated rings. The molecule has 4 heteroatoms. The second-order valence-corrected chi connectivity index (χ2v) is 6.34. The van der Waals surface area contributed by atoms with E-state index < -0.39 is 0 Å². The predicted octanol–water partition coefficient (Wildman–Crippen LogP) is 3.35. The third-order valence-corrected chi connectivity index (χ3v) is 4.82. The number of unbranched alkanes of at least 4 members (excludes halogenated alkanes) is 1. The molecule has 1 atom stereocenters. The summed E-state index contributed by atoms with van der Waals surface area (Å²) >= 11 is 0. The molecule has 0 amide bonds. The fourth-order valence-corrected chi connectivity index (χ4v) is 3.41. The van der Waals surface area contributed by atoms with Gasteiger partial charge in [0.15, 0.2) is 0 Å². The van der Waals surface area contributed by atoms with Crippen LogP contribution in [-0.4, -0.2) is 23.1 Å². The molecule has 0 spiro atoms. The highest BCUT2D eigenvalue weighted by atomic mass is 16.5. The lowest BCUT2D eigenvalue weighted by Gasteiger charge is -2.32. The van der Waals surface area contributed by atoms with Gasteiger partial charge in [0.2, 0.25) is 5.88 Å². The van der Waals surface area contributed by atoms with Crippen molar-refractivity contribution in [1.82, 2.24) is 9.97 Å². The SMILES string of the molecule is CCCCC1CCC(C(N)Cc2cc(OC)ncn2)CC1. The summed E-state index contributed by atoms with van der Waals surface area (Å²) in [7, 11) is 1.63. The van der Waals surface area contributed by atoms with E-state index in [-0.39, 0.29) is 6.04 Å². The second-order valence-electron chi connectivity index (χ2n) is 6.34. The lowest BCUT2D eigenvalue weighted by molar-refractivity contribution is 0.230. The molecule has 1 aliphatic carbocycles. The molecule has 1 aliphatic rings. The fourth-order valence-electron chi connectivity index (χ4n) is 3.41. The van der Waals surface area contributed by atoms with E-state index in [1.54, 1.807) is 13.4 Å². The van der Waals surface area contributed by atoms with Crippen molar-refractivity contribution in [3.05, 3.63) is 18.1 Å². The van der Waals surface area contributed by atoms with E-state index in [0.717, 1.165) is 18.0 Å². The fraction of sp³-hybridized carbons (Fsp3) is 0.765. The Hall–Kier alpha value is -1.16. The van der Waals surface area contributed by atoms with Crippen molar-refractivity contribution < 1.29 is 4.74 Å². The summed E-state index contributed by atoms with van der Waals surface area (Å²) in [5, 5.41) is 0. The maximum atomic E-state index is 6.42. The van der Waals surface area contributed by atoms with Crippen molar-refractivity contribution in [3.8, 4) is 5.88 Å². The summed E-state index contributed by atoms with van der Waals surface area (Å²) in [5.41, 5.74) is 7.40. The van der Waals surface area contributed by atoms with Crippen molar-refractivity contribution >= 4 is 0 Å². The van der Waals surface area contributed by atoms with Gasteiger partial charge in [-0.3, -0.25) is 0 Å². The highest BCUT2D eigenvalue weighted by molar-refractivity contribution is 5.14. The minimum absolute atomic E-state index is 0.205. The van der Waals surface area contributed by atoms with Crippen LogP contribution >= 0.6 is 0 Å². The molecule has 4 nitrogen and oxygen atoms in total. The molecule has 1 unspecified atom stereocenters. The second kappa shape index (κ2) is 8.32. The molecular weight excluding hydrogens is 262 g/mol. The Kier molecular flexibility index (Phi) is 6.43. The highest BCUT2D eigenvalue weighted by Crippen LogP contribution is 2.33. The van der Waals surface area contributed by atoms with Crippen molar-refractivity contribution in [2.24, 2.45) is 17.6 Å². The van der Waals surface area contributed by atoms with Gasteiger partial charge in [-0.1, -0.05) is 39.0 Å². The van der Waals surface area contributed by atoms with Gasteiger partial charge in [-0.2, -0.15) is 0 Å². The molecular formula is C17H29N3O. The van der Waals surface area contributed by atoms with Gasteiger partial charge in [-0.25, -0.2) is 9.97 Å². The van der Waals surface area contributed by atoms with E-state index in [1.807, 2.05) is 6.07 Å². The van der Waals surface area contributed by atoms with Crippen LogP contribution in [-0.2, 0) is 6.42 Å². The molecule has 0 aliphatic heterocycles. The molecule has 118 valence electrons. The highest BCUT2D eigenvalue weighted by Gasteiger charge is 2.25. The lowest BCUT2D eigenvalue weighted by Crippen LogP contribution is -2.35. The third-order valence-electron chi connectivity index (χ3n) is 4.82. The summed E-state index contributed by atoms with van der Waals surface area (Å²) in [4.78, 5) is 8.35. The van der Waals surface area contributed by atoms with Crippen molar-refractivity contribution in [3.63, 3.8) is 0 Å². The monoisotopic (exact) mass is 291 g/mol. The summed E-state index contributed by atoms with van der Waals surface area (Å²) in [6.07, 6.45) is 11.7. The molecule has 0 saturated heterocycles. The van der Waals surface area contributed by atoms with E-state index in [9.17, 15) is 0 Å². The number of hydrogen-bond acceptors (Lipinski definition) is 4. The summed E-state index contributed by atoms with van der Waals surface area (Å²) in [6.45, 7) is 2.28. The van der Waals surface area contributed by atoms with Crippen molar-refractivity contribution in [2.45, 2.75) is 64.3 Å². The quantitative estimate of drug-likeness (QED) is 0.837. The van der Waals surface area contributed by atoms with Crippen LogP contribution in [0.3, 0.4) is 0 Å². The Morgan fingerprint density at radius 3 is 2.71 bits per heavy atom. The maximum absolute atomic E-state index is 6.42. The van der Waals surface area contributed by atoms with Crippen LogP contribution in [0.25, 0.3) is 0 Å². The number of aromatic nitrogens is 2. The standard InChI is InChI=1S/C17H29N3O/c1-3-4-5-13-6-8-14(9-7-13)16(18)10-15-11-17(21-2)20-12-19-15/h11-14,16H,3-10,18H2,1-2H3. The van der Waals surface area contributed by atoms with Gasteiger partial charge < -0.3 is 10.5 Å². The van der Waals surface area contributed by atoms with Crippen LogP contribution in [0.5, 0.6) is 5.88 Å². The van der Waals surface area contributed by atoms with Gasteiger partial charge in [0.1, 0.15) is 6.33 Å². The van der Waals surface area contributed by atoms with E-state index in [0.29, 0.717) is 11.8 Å². The molecule has 1 aromatic heterocycles. The smallest absolute Gasteiger partial charge is 0.216 e. The van der Waals surface area contributed by atoms with Crippen LogP contribution < -0.4 is 10.5 Å². The summed E-state index contributed by atoms with van der Waals surface area (Å²) in [5.74, 6) is 2.20. The topological polar surface area (TPSA) is 61.0 Å². The zero-order valence-electron chi connectivity index (χ0n) is 13.4. The van der Waals surface area contributed by atoms with E-state index in [1.165, 1.54) is 44.9 Å².